The average molecular weight is 976 g/mol. The van der Waals surface area contributed by atoms with Crippen LogP contribution in [-0.2, 0) is 28.6 Å². The van der Waals surface area contributed by atoms with Crippen molar-refractivity contribution in [2.45, 2.75) is 356 Å². The molecule has 0 aromatic carbocycles. The quantitative estimate of drug-likeness (QED) is 0.0343. The molecule has 0 aliphatic carbocycles. The number of hydrogen-bond donors (Lipinski definition) is 0. The lowest BCUT2D eigenvalue weighted by molar-refractivity contribution is -0.167. The molecule has 0 aromatic heterocycles. The van der Waals surface area contributed by atoms with Crippen LogP contribution in [0, 0.1) is 17.8 Å². The monoisotopic (exact) mass is 975 g/mol. The van der Waals surface area contributed by atoms with Gasteiger partial charge in [0, 0.05) is 19.3 Å². The van der Waals surface area contributed by atoms with Crippen LogP contribution in [0.3, 0.4) is 0 Å². The summed E-state index contributed by atoms with van der Waals surface area (Å²) in [5, 5.41) is 0. The van der Waals surface area contributed by atoms with Crippen molar-refractivity contribution < 1.29 is 28.6 Å². The summed E-state index contributed by atoms with van der Waals surface area (Å²) in [6.07, 6.45) is 58.0. The summed E-state index contributed by atoms with van der Waals surface area (Å²) in [4.78, 5) is 38.2. The lowest BCUT2D eigenvalue weighted by Gasteiger charge is -2.18. The van der Waals surface area contributed by atoms with Crippen LogP contribution in [0.4, 0.5) is 0 Å². The van der Waals surface area contributed by atoms with E-state index in [1.165, 1.54) is 231 Å². The van der Waals surface area contributed by atoms with Gasteiger partial charge in [0.25, 0.3) is 0 Å². The summed E-state index contributed by atoms with van der Waals surface area (Å²) in [7, 11) is 0. The molecule has 0 amide bonds. The molecule has 0 saturated carbocycles. The van der Waals surface area contributed by atoms with Crippen LogP contribution in [-0.4, -0.2) is 37.2 Å². The number of unbranched alkanes of at least 4 members (excludes halogenated alkanes) is 37. The summed E-state index contributed by atoms with van der Waals surface area (Å²) in [5.74, 6) is 1.77. The van der Waals surface area contributed by atoms with Crippen LogP contribution in [0.15, 0.2) is 0 Å². The second kappa shape index (κ2) is 54.2. The first-order valence-corrected chi connectivity index (χ1v) is 31.2. The van der Waals surface area contributed by atoms with Crippen molar-refractivity contribution >= 4 is 17.9 Å². The second-order valence-electron chi connectivity index (χ2n) is 22.7. The first-order valence-electron chi connectivity index (χ1n) is 31.2. The van der Waals surface area contributed by atoms with Crippen molar-refractivity contribution in [1.29, 1.82) is 0 Å². The van der Waals surface area contributed by atoms with Gasteiger partial charge in [0.15, 0.2) is 6.10 Å². The Bertz CT molecular complexity index is 1070. The van der Waals surface area contributed by atoms with E-state index in [1.54, 1.807) is 0 Å². The van der Waals surface area contributed by atoms with E-state index in [-0.39, 0.29) is 31.1 Å². The number of carbonyl (C=O) groups excluding carboxylic acids is 3. The Morgan fingerprint density at radius 2 is 0.507 bits per heavy atom. The van der Waals surface area contributed by atoms with Gasteiger partial charge in [-0.15, -0.1) is 0 Å². The third-order valence-corrected chi connectivity index (χ3v) is 15.1. The van der Waals surface area contributed by atoms with Gasteiger partial charge in [-0.2, -0.15) is 0 Å². The molecule has 0 spiro atoms. The molecule has 0 radical (unpaired) electrons. The topological polar surface area (TPSA) is 78.9 Å². The Morgan fingerprint density at radius 3 is 0.754 bits per heavy atom. The number of hydrogen-bond acceptors (Lipinski definition) is 6. The van der Waals surface area contributed by atoms with Crippen molar-refractivity contribution in [3.8, 4) is 0 Å². The summed E-state index contributed by atoms with van der Waals surface area (Å²) >= 11 is 0. The van der Waals surface area contributed by atoms with Gasteiger partial charge < -0.3 is 14.2 Å². The molecule has 0 aliphatic rings. The predicted octanol–water partition coefficient (Wildman–Crippen LogP) is 20.7. The molecule has 2 unspecified atom stereocenters. The minimum absolute atomic E-state index is 0.0631. The van der Waals surface area contributed by atoms with Crippen LogP contribution >= 0.6 is 0 Å². The lowest BCUT2D eigenvalue weighted by Crippen LogP contribution is -2.30. The molecule has 6 nitrogen and oxygen atoms in total. The van der Waals surface area contributed by atoms with Gasteiger partial charge in [0.05, 0.1) is 0 Å². The van der Waals surface area contributed by atoms with Gasteiger partial charge in [-0.25, -0.2) is 0 Å². The summed E-state index contributed by atoms with van der Waals surface area (Å²) in [5.41, 5.74) is 0. The summed E-state index contributed by atoms with van der Waals surface area (Å²) in [6, 6.07) is 0. The highest BCUT2D eigenvalue weighted by molar-refractivity contribution is 5.71. The first-order chi connectivity index (χ1) is 33.7. The van der Waals surface area contributed by atoms with Gasteiger partial charge in [0.1, 0.15) is 13.2 Å². The summed E-state index contributed by atoms with van der Waals surface area (Å²) < 4.78 is 16.9. The predicted molar refractivity (Wildman–Crippen MR) is 298 cm³/mol. The van der Waals surface area contributed by atoms with E-state index in [2.05, 4.69) is 41.5 Å². The molecular formula is C63H122O6. The molecule has 410 valence electrons. The number of rotatable bonds is 56. The third kappa shape index (κ3) is 54.0. The zero-order valence-electron chi connectivity index (χ0n) is 47.6. The molecule has 0 heterocycles. The normalized spacial score (nSPS) is 12.9. The van der Waals surface area contributed by atoms with E-state index >= 15 is 0 Å². The van der Waals surface area contributed by atoms with E-state index in [9.17, 15) is 14.4 Å². The molecule has 0 N–H and O–H groups in total. The molecule has 3 atom stereocenters. The minimum Gasteiger partial charge on any atom is -0.462 e. The highest BCUT2D eigenvalue weighted by Crippen LogP contribution is 2.20. The molecule has 0 aliphatic heterocycles. The smallest absolute Gasteiger partial charge is 0.306 e. The highest BCUT2D eigenvalue weighted by Gasteiger charge is 2.19. The third-order valence-electron chi connectivity index (χ3n) is 15.1. The Balaban J connectivity index is 4.25. The van der Waals surface area contributed by atoms with E-state index in [0.29, 0.717) is 19.3 Å². The van der Waals surface area contributed by atoms with Crippen LogP contribution < -0.4 is 0 Å². The van der Waals surface area contributed by atoms with Gasteiger partial charge in [-0.3, -0.25) is 14.4 Å². The lowest BCUT2D eigenvalue weighted by atomic mass is 9.99. The molecule has 69 heavy (non-hydrogen) atoms. The van der Waals surface area contributed by atoms with E-state index in [1.807, 2.05) is 0 Å². The number of ether oxygens (including phenoxy) is 3. The molecule has 6 heteroatoms. The minimum atomic E-state index is -0.764. The molecule has 0 bridgehead atoms. The number of esters is 3. The fourth-order valence-electron chi connectivity index (χ4n) is 9.64. The molecule has 0 rings (SSSR count). The number of carbonyl (C=O) groups is 3. The summed E-state index contributed by atoms with van der Waals surface area (Å²) in [6.45, 7) is 13.8. The van der Waals surface area contributed by atoms with Crippen molar-refractivity contribution in [3.63, 3.8) is 0 Å². The van der Waals surface area contributed by atoms with Crippen LogP contribution in [0.25, 0.3) is 0 Å². The zero-order valence-corrected chi connectivity index (χ0v) is 47.6. The van der Waals surface area contributed by atoms with Gasteiger partial charge >= 0.3 is 17.9 Å². The van der Waals surface area contributed by atoms with Gasteiger partial charge in [0.2, 0.25) is 0 Å². The molecule has 0 fully saturated rings. The maximum absolute atomic E-state index is 12.9. The SMILES string of the molecule is CCC(C)CCCCCCCCCCCCCCCCCCCCC(=O)OC[C@H](COC(=O)CCCCCCCCCCCCCCC(C)C)OC(=O)CCCCCCCCCCCCC(C)CC. The van der Waals surface area contributed by atoms with Crippen molar-refractivity contribution in [2.24, 2.45) is 17.8 Å². The van der Waals surface area contributed by atoms with E-state index in [0.717, 1.165) is 75.5 Å². The maximum atomic E-state index is 12.9. The molecular weight excluding hydrogens is 853 g/mol. The van der Waals surface area contributed by atoms with Crippen LogP contribution in [0.2, 0.25) is 0 Å². The fourth-order valence-corrected chi connectivity index (χ4v) is 9.64. The van der Waals surface area contributed by atoms with Crippen molar-refractivity contribution in [1.82, 2.24) is 0 Å². The Hall–Kier alpha value is -1.59. The van der Waals surface area contributed by atoms with Crippen molar-refractivity contribution in [3.05, 3.63) is 0 Å². The van der Waals surface area contributed by atoms with Crippen LogP contribution in [0.1, 0.15) is 350 Å². The Morgan fingerprint density at radius 1 is 0.290 bits per heavy atom. The van der Waals surface area contributed by atoms with Gasteiger partial charge in [-0.1, -0.05) is 311 Å². The Labute approximate surface area is 431 Å². The second-order valence-corrected chi connectivity index (χ2v) is 22.7. The molecule has 0 aromatic rings. The standard InChI is InChI=1S/C63H122O6/c1-7-58(5)50-44-38-32-26-20-15-13-11-9-10-12-14-16-21-28-34-40-46-52-61(64)67-55-60(69-63(66)54-48-42-36-30-24-23-27-33-39-45-51-59(6)8-2)56-68-62(65)53-47-41-35-29-22-18-17-19-25-31-37-43-49-57(3)4/h57-60H,7-56H2,1-6H3/t58?,59?,60-/m1/s1. The maximum Gasteiger partial charge on any atom is 0.306 e. The molecule has 0 saturated heterocycles. The van der Waals surface area contributed by atoms with Crippen LogP contribution in [0.5, 0.6) is 0 Å². The Kier molecular flexibility index (Phi) is 52.9. The average Bonchev–Trinajstić information content (AvgIpc) is 3.34. The highest BCUT2D eigenvalue weighted by atomic mass is 16.6. The first kappa shape index (κ1) is 67.4. The van der Waals surface area contributed by atoms with Crippen molar-refractivity contribution in [2.75, 3.05) is 13.2 Å². The van der Waals surface area contributed by atoms with E-state index in [4.69, 9.17) is 14.2 Å². The zero-order chi connectivity index (χ0) is 50.5. The largest absolute Gasteiger partial charge is 0.462 e. The fraction of sp³-hybridized carbons (Fsp3) is 0.952. The van der Waals surface area contributed by atoms with Gasteiger partial charge in [-0.05, 0) is 37.0 Å². The van der Waals surface area contributed by atoms with E-state index < -0.39 is 6.10 Å².